The van der Waals surface area contributed by atoms with Gasteiger partial charge < -0.3 is 0 Å². The van der Waals surface area contributed by atoms with E-state index in [0.717, 1.165) is 16.3 Å². The van der Waals surface area contributed by atoms with Gasteiger partial charge in [0.15, 0.2) is 5.78 Å². The molecule has 0 spiro atoms. The fourth-order valence-electron chi connectivity index (χ4n) is 2.14. The first kappa shape index (κ1) is 12.7. The molecular formula is C16H19NO. The highest BCUT2D eigenvalue weighted by Crippen LogP contribution is 2.29. The van der Waals surface area contributed by atoms with Gasteiger partial charge in [0, 0.05) is 29.8 Å². The van der Waals surface area contributed by atoms with E-state index in [1.807, 2.05) is 37.5 Å². The van der Waals surface area contributed by atoms with Crippen LogP contribution in [-0.4, -0.2) is 10.8 Å². The third-order valence-electron chi connectivity index (χ3n) is 3.21. The maximum absolute atomic E-state index is 11.8. The van der Waals surface area contributed by atoms with Crippen LogP contribution in [-0.2, 0) is 5.41 Å². The number of hydrogen-bond donors (Lipinski definition) is 0. The predicted molar refractivity (Wildman–Crippen MR) is 75.1 cm³/mol. The minimum absolute atomic E-state index is 0.0282. The fourth-order valence-corrected chi connectivity index (χ4v) is 2.14. The molecule has 0 aliphatic carbocycles. The molecule has 94 valence electrons. The lowest BCUT2D eigenvalue weighted by atomic mass is 9.84. The third-order valence-corrected chi connectivity index (χ3v) is 3.21. The van der Waals surface area contributed by atoms with Crippen molar-refractivity contribution in [3.63, 3.8) is 0 Å². The van der Waals surface area contributed by atoms with Crippen LogP contribution in [0.1, 0.15) is 50.0 Å². The first-order valence-electron chi connectivity index (χ1n) is 6.35. The number of carbonyl (C=O) groups excluding carboxylic acids is 1. The predicted octanol–water partition coefficient (Wildman–Crippen LogP) is 4.13. The number of nitrogens with zero attached hydrogens (tertiary/aromatic N) is 1. The Bertz CT molecular complexity index is 594. The van der Waals surface area contributed by atoms with Gasteiger partial charge in [-0.25, -0.2) is 0 Å². The van der Waals surface area contributed by atoms with Gasteiger partial charge in [0.25, 0.3) is 0 Å². The van der Waals surface area contributed by atoms with E-state index in [4.69, 9.17) is 0 Å². The van der Waals surface area contributed by atoms with Crippen LogP contribution in [0.3, 0.4) is 0 Å². The number of ketones is 1. The molecule has 2 heteroatoms. The molecule has 0 saturated heterocycles. The summed E-state index contributed by atoms with van der Waals surface area (Å²) in [6, 6.07) is 5.88. The summed E-state index contributed by atoms with van der Waals surface area (Å²) in [7, 11) is 0. The van der Waals surface area contributed by atoms with Gasteiger partial charge in [-0.1, -0.05) is 39.8 Å². The molecule has 18 heavy (non-hydrogen) atoms. The van der Waals surface area contributed by atoms with Crippen LogP contribution in [0.15, 0.2) is 30.6 Å². The molecule has 2 nitrogen and oxygen atoms in total. The smallest absolute Gasteiger partial charge is 0.162 e. The van der Waals surface area contributed by atoms with Crippen molar-refractivity contribution in [3.8, 4) is 0 Å². The minimum Gasteiger partial charge on any atom is -0.294 e. The number of aromatic nitrogens is 1. The zero-order chi connectivity index (χ0) is 13.3. The molecule has 0 N–H and O–H groups in total. The summed E-state index contributed by atoms with van der Waals surface area (Å²) in [6.07, 6.45) is 4.30. The van der Waals surface area contributed by atoms with Gasteiger partial charge in [-0.3, -0.25) is 9.78 Å². The van der Waals surface area contributed by atoms with E-state index in [1.165, 1.54) is 5.56 Å². The molecule has 0 aliphatic rings. The molecule has 0 atom stereocenters. The number of Topliss-reactive ketones (excluding diaryl/α,β-unsaturated/α-hetero) is 1. The van der Waals surface area contributed by atoms with Crippen molar-refractivity contribution in [1.82, 2.24) is 4.98 Å². The molecule has 1 heterocycles. The van der Waals surface area contributed by atoms with Gasteiger partial charge in [-0.2, -0.15) is 0 Å². The average molecular weight is 241 g/mol. The second kappa shape index (κ2) is 4.52. The number of rotatable bonds is 2. The molecule has 0 bridgehead atoms. The van der Waals surface area contributed by atoms with Crippen LogP contribution in [0.2, 0.25) is 0 Å². The number of carbonyl (C=O) groups is 1. The van der Waals surface area contributed by atoms with E-state index in [1.54, 1.807) is 0 Å². The molecule has 0 fully saturated rings. The summed E-state index contributed by atoms with van der Waals surface area (Å²) in [4.78, 5) is 16.1. The van der Waals surface area contributed by atoms with Crippen LogP contribution >= 0.6 is 0 Å². The van der Waals surface area contributed by atoms with Crippen LogP contribution in [0.4, 0.5) is 0 Å². The molecule has 0 unspecified atom stereocenters. The van der Waals surface area contributed by atoms with Crippen molar-refractivity contribution in [2.75, 3.05) is 0 Å². The lowest BCUT2D eigenvalue weighted by molar-refractivity contribution is 0.0988. The van der Waals surface area contributed by atoms with Crippen LogP contribution in [0.5, 0.6) is 0 Å². The fraction of sp³-hybridized carbons (Fsp3) is 0.375. The van der Waals surface area contributed by atoms with Crippen molar-refractivity contribution in [3.05, 3.63) is 41.7 Å². The Labute approximate surface area is 108 Å². The molecular weight excluding hydrogens is 222 g/mol. The Morgan fingerprint density at radius 3 is 2.56 bits per heavy atom. The molecule has 0 aliphatic heterocycles. The van der Waals surface area contributed by atoms with E-state index in [0.29, 0.717) is 6.42 Å². The average Bonchev–Trinajstić information content (AvgIpc) is 2.35. The SMILES string of the molecule is CCC(=O)c1ccc2cncc(C(C)(C)C)c2c1. The first-order chi connectivity index (χ1) is 8.43. The van der Waals surface area contributed by atoms with E-state index < -0.39 is 0 Å². The number of hydrogen-bond acceptors (Lipinski definition) is 2. The van der Waals surface area contributed by atoms with Gasteiger partial charge >= 0.3 is 0 Å². The first-order valence-corrected chi connectivity index (χ1v) is 6.35. The van der Waals surface area contributed by atoms with Crippen LogP contribution in [0, 0.1) is 0 Å². The lowest BCUT2D eigenvalue weighted by Gasteiger charge is -2.21. The number of pyridine rings is 1. The maximum atomic E-state index is 11.8. The Kier molecular flexibility index (Phi) is 3.20. The summed E-state index contributed by atoms with van der Waals surface area (Å²) in [6.45, 7) is 8.39. The summed E-state index contributed by atoms with van der Waals surface area (Å²) < 4.78 is 0. The van der Waals surface area contributed by atoms with Gasteiger partial charge in [0.2, 0.25) is 0 Å². The molecule has 1 aromatic heterocycles. The molecule has 0 radical (unpaired) electrons. The zero-order valence-corrected chi connectivity index (χ0v) is 11.4. The van der Waals surface area contributed by atoms with Crippen molar-refractivity contribution in [1.29, 1.82) is 0 Å². The Morgan fingerprint density at radius 1 is 1.22 bits per heavy atom. The standard InChI is InChI=1S/C16H19NO/c1-5-15(18)11-6-7-12-9-17-10-14(13(12)8-11)16(2,3)4/h6-10H,5H2,1-4H3. The summed E-state index contributed by atoms with van der Waals surface area (Å²) in [5.41, 5.74) is 2.01. The van der Waals surface area contributed by atoms with Crippen molar-refractivity contribution in [2.24, 2.45) is 0 Å². The molecule has 0 saturated carbocycles. The van der Waals surface area contributed by atoms with Gasteiger partial charge in [0.05, 0.1) is 0 Å². The highest BCUT2D eigenvalue weighted by atomic mass is 16.1. The maximum Gasteiger partial charge on any atom is 0.162 e. The Hall–Kier alpha value is -1.70. The quantitative estimate of drug-likeness (QED) is 0.740. The van der Waals surface area contributed by atoms with E-state index in [-0.39, 0.29) is 11.2 Å². The van der Waals surface area contributed by atoms with Crippen molar-refractivity contribution < 1.29 is 4.79 Å². The minimum atomic E-state index is 0.0282. The van der Waals surface area contributed by atoms with E-state index in [9.17, 15) is 4.79 Å². The topological polar surface area (TPSA) is 30.0 Å². The monoisotopic (exact) mass is 241 g/mol. The van der Waals surface area contributed by atoms with Gasteiger partial charge in [-0.05, 0) is 22.4 Å². The molecule has 0 amide bonds. The normalized spacial score (nSPS) is 11.8. The van der Waals surface area contributed by atoms with Gasteiger partial charge in [-0.15, -0.1) is 0 Å². The highest BCUT2D eigenvalue weighted by Gasteiger charge is 2.17. The number of fused-ring (bicyclic) bond motifs is 1. The second-order valence-corrected chi connectivity index (χ2v) is 5.65. The van der Waals surface area contributed by atoms with Crippen LogP contribution < -0.4 is 0 Å². The summed E-state index contributed by atoms with van der Waals surface area (Å²) in [5, 5.41) is 2.23. The molecule has 2 aromatic rings. The number of benzene rings is 1. The van der Waals surface area contributed by atoms with E-state index >= 15 is 0 Å². The zero-order valence-electron chi connectivity index (χ0n) is 11.4. The summed E-state index contributed by atoms with van der Waals surface area (Å²) >= 11 is 0. The Balaban J connectivity index is 2.70. The van der Waals surface area contributed by atoms with Crippen molar-refractivity contribution >= 4 is 16.6 Å². The van der Waals surface area contributed by atoms with E-state index in [2.05, 4.69) is 25.8 Å². The van der Waals surface area contributed by atoms with Crippen molar-refractivity contribution in [2.45, 2.75) is 39.5 Å². The lowest BCUT2D eigenvalue weighted by Crippen LogP contribution is -2.12. The highest BCUT2D eigenvalue weighted by molar-refractivity contribution is 6.00. The Morgan fingerprint density at radius 2 is 1.94 bits per heavy atom. The third kappa shape index (κ3) is 2.28. The van der Waals surface area contributed by atoms with Crippen LogP contribution in [0.25, 0.3) is 10.8 Å². The molecule has 1 aromatic carbocycles. The second-order valence-electron chi connectivity index (χ2n) is 5.65. The molecule has 2 rings (SSSR count). The van der Waals surface area contributed by atoms with Gasteiger partial charge in [0.1, 0.15) is 0 Å². The largest absolute Gasteiger partial charge is 0.294 e. The summed E-state index contributed by atoms with van der Waals surface area (Å²) in [5.74, 6) is 0.188.